The zero-order valence-corrected chi connectivity index (χ0v) is 17.8. The highest BCUT2D eigenvalue weighted by Crippen LogP contribution is 2.28. The summed E-state index contributed by atoms with van der Waals surface area (Å²) in [6.45, 7) is 1.35. The zero-order valence-electron chi connectivity index (χ0n) is 17.8. The van der Waals surface area contributed by atoms with Crippen LogP contribution in [-0.2, 0) is 19.1 Å². The van der Waals surface area contributed by atoms with Crippen molar-refractivity contribution in [3.8, 4) is 0 Å². The fourth-order valence-electron chi connectivity index (χ4n) is 3.71. The first-order valence-corrected chi connectivity index (χ1v) is 10.4. The molecule has 1 unspecified atom stereocenters. The number of ketones is 1. The molecule has 9 nitrogen and oxygen atoms in total. The summed E-state index contributed by atoms with van der Waals surface area (Å²) in [5.74, 6) is -2.98. The van der Waals surface area contributed by atoms with Crippen molar-refractivity contribution >= 4 is 34.8 Å². The van der Waals surface area contributed by atoms with Gasteiger partial charge in [0.15, 0.2) is 5.76 Å². The summed E-state index contributed by atoms with van der Waals surface area (Å²) in [5.41, 5.74) is 1.27. The van der Waals surface area contributed by atoms with E-state index in [0.29, 0.717) is 11.2 Å². The Balaban J connectivity index is 1.56. The molecule has 2 aromatic heterocycles. The third-order valence-electron chi connectivity index (χ3n) is 5.25. The minimum atomic E-state index is -4.28. The number of allylic oxidation sites excluding steroid dienone is 1. The van der Waals surface area contributed by atoms with Gasteiger partial charge in [0.05, 0.1) is 13.2 Å². The molecule has 2 fully saturated rings. The van der Waals surface area contributed by atoms with E-state index in [9.17, 15) is 22.8 Å². The van der Waals surface area contributed by atoms with Crippen molar-refractivity contribution in [1.29, 1.82) is 0 Å². The van der Waals surface area contributed by atoms with E-state index in [2.05, 4.69) is 15.1 Å². The number of nitrogens with one attached hydrogen (secondary N) is 1. The van der Waals surface area contributed by atoms with Gasteiger partial charge in [0.1, 0.15) is 5.65 Å². The number of rotatable bonds is 5. The van der Waals surface area contributed by atoms with Crippen molar-refractivity contribution in [2.24, 2.45) is 11.0 Å². The van der Waals surface area contributed by atoms with Crippen LogP contribution in [0.15, 0.2) is 35.4 Å². The van der Waals surface area contributed by atoms with E-state index in [1.54, 1.807) is 25.4 Å². The first-order chi connectivity index (χ1) is 15.7. The van der Waals surface area contributed by atoms with Crippen LogP contribution in [-0.4, -0.2) is 83.0 Å². The van der Waals surface area contributed by atoms with Crippen LogP contribution in [0.3, 0.4) is 0 Å². The highest BCUT2D eigenvalue weighted by Gasteiger charge is 2.45. The zero-order chi connectivity index (χ0) is 23.6. The number of aromatic nitrogens is 2. The second kappa shape index (κ2) is 9.22. The number of H-pyrrole nitrogens is 1. The van der Waals surface area contributed by atoms with Crippen LogP contribution in [0, 0.1) is 5.92 Å². The van der Waals surface area contributed by atoms with Crippen LogP contribution in [0.5, 0.6) is 0 Å². The lowest BCUT2D eigenvalue weighted by molar-refractivity contribution is -0.150. The monoisotopic (exact) mass is 465 g/mol. The topological polar surface area (TPSA) is 100 Å². The van der Waals surface area contributed by atoms with Gasteiger partial charge >= 0.3 is 12.1 Å². The van der Waals surface area contributed by atoms with Gasteiger partial charge in [-0.2, -0.15) is 13.2 Å². The molecule has 4 rings (SSSR count). The SMILES string of the molecule is CCOC(=O)C1C(=O)/C(=C/c2c[nH]c3ncccc23)O/C1=N/N1CCN(CC(F)(F)F)CC1. The van der Waals surface area contributed by atoms with Gasteiger partial charge in [-0.15, -0.1) is 5.10 Å². The molecule has 0 aliphatic carbocycles. The van der Waals surface area contributed by atoms with Gasteiger partial charge in [0.25, 0.3) is 0 Å². The smallest absolute Gasteiger partial charge is 0.401 e. The van der Waals surface area contributed by atoms with E-state index in [1.807, 2.05) is 6.07 Å². The maximum atomic E-state index is 13.0. The lowest BCUT2D eigenvalue weighted by Crippen LogP contribution is -2.47. The number of fused-ring (bicyclic) bond motifs is 1. The van der Waals surface area contributed by atoms with Gasteiger partial charge in [-0.1, -0.05) is 0 Å². The molecule has 2 saturated heterocycles. The molecule has 2 aromatic rings. The molecule has 1 atom stereocenters. The maximum absolute atomic E-state index is 13.0. The van der Waals surface area contributed by atoms with Crippen molar-refractivity contribution in [2.45, 2.75) is 13.1 Å². The molecule has 0 radical (unpaired) electrons. The number of pyridine rings is 1. The van der Waals surface area contributed by atoms with Crippen LogP contribution >= 0.6 is 0 Å². The summed E-state index contributed by atoms with van der Waals surface area (Å²) >= 11 is 0. The highest BCUT2D eigenvalue weighted by molar-refractivity contribution is 6.27. The van der Waals surface area contributed by atoms with E-state index in [1.165, 1.54) is 16.0 Å². The first-order valence-electron chi connectivity index (χ1n) is 10.4. The molecule has 2 aliphatic heterocycles. The van der Waals surface area contributed by atoms with Gasteiger partial charge < -0.3 is 14.5 Å². The van der Waals surface area contributed by atoms with Crippen LogP contribution < -0.4 is 0 Å². The summed E-state index contributed by atoms with van der Waals surface area (Å²) in [7, 11) is 0. The van der Waals surface area contributed by atoms with Crippen molar-refractivity contribution in [1.82, 2.24) is 19.9 Å². The molecular weight excluding hydrogens is 443 g/mol. The normalized spacial score (nSPS) is 22.4. The van der Waals surface area contributed by atoms with Gasteiger partial charge in [0, 0.05) is 49.5 Å². The number of Topliss-reactive ketones (excluding diaryl/α,β-unsaturated/α-hetero) is 1. The number of hydrazone groups is 1. The number of piperazine rings is 1. The van der Waals surface area contributed by atoms with Crippen LogP contribution in [0.4, 0.5) is 13.2 Å². The number of hydrogen-bond acceptors (Lipinski definition) is 8. The van der Waals surface area contributed by atoms with E-state index in [-0.39, 0.29) is 44.4 Å². The predicted molar refractivity (Wildman–Crippen MR) is 112 cm³/mol. The molecule has 1 N–H and O–H groups in total. The largest absolute Gasteiger partial charge is 0.465 e. The third kappa shape index (κ3) is 5.16. The molecule has 2 aliphatic rings. The number of carbonyl (C=O) groups excluding carboxylic acids is 2. The van der Waals surface area contributed by atoms with E-state index in [0.717, 1.165) is 5.39 Å². The first kappa shape index (κ1) is 22.8. The van der Waals surface area contributed by atoms with Gasteiger partial charge in [-0.05, 0) is 25.1 Å². The molecule has 0 saturated carbocycles. The molecule has 12 heteroatoms. The predicted octanol–water partition coefficient (Wildman–Crippen LogP) is 2.18. The quantitative estimate of drug-likeness (QED) is 0.410. The van der Waals surface area contributed by atoms with E-state index >= 15 is 0 Å². The minimum absolute atomic E-state index is 0.0686. The Labute approximate surface area is 186 Å². The number of carbonyl (C=O) groups is 2. The Morgan fingerprint density at radius 1 is 1.36 bits per heavy atom. The van der Waals surface area contributed by atoms with Crippen molar-refractivity contribution in [3.63, 3.8) is 0 Å². The molecule has 0 aromatic carbocycles. The summed E-state index contributed by atoms with van der Waals surface area (Å²) in [6, 6.07) is 3.57. The Kier molecular flexibility index (Phi) is 6.36. The number of esters is 1. The third-order valence-corrected chi connectivity index (χ3v) is 5.25. The number of alkyl halides is 3. The number of halogens is 3. The molecule has 0 spiro atoms. The van der Waals surface area contributed by atoms with Gasteiger partial charge in [-0.25, -0.2) is 4.98 Å². The molecule has 33 heavy (non-hydrogen) atoms. The molecule has 0 bridgehead atoms. The van der Waals surface area contributed by atoms with Gasteiger partial charge in [-0.3, -0.25) is 19.5 Å². The van der Waals surface area contributed by atoms with Crippen LogP contribution in [0.1, 0.15) is 12.5 Å². The standard InChI is InChI=1S/C21H22F3N5O4/c1-2-32-20(31)16-17(30)15(10-13-11-26-18-14(13)4-3-5-25-18)33-19(16)27-29-8-6-28(7-9-29)12-21(22,23)24/h3-5,10-11,16H,2,6-9,12H2,1H3,(H,25,26)/b15-10-,27-19+. The average molecular weight is 465 g/mol. The van der Waals surface area contributed by atoms with Crippen LogP contribution in [0.2, 0.25) is 0 Å². The summed E-state index contributed by atoms with van der Waals surface area (Å²) in [5, 5.41) is 6.54. The van der Waals surface area contributed by atoms with E-state index < -0.39 is 30.4 Å². The lowest BCUT2D eigenvalue weighted by atomic mass is 10.0. The maximum Gasteiger partial charge on any atom is 0.401 e. The second-order valence-electron chi connectivity index (χ2n) is 7.59. The summed E-state index contributed by atoms with van der Waals surface area (Å²) in [4.78, 5) is 33.9. The summed E-state index contributed by atoms with van der Waals surface area (Å²) in [6.07, 6.45) is 0.513. The number of ether oxygens (including phenoxy) is 2. The summed E-state index contributed by atoms with van der Waals surface area (Å²) < 4.78 is 48.5. The lowest BCUT2D eigenvalue weighted by Gasteiger charge is -2.33. The molecule has 4 heterocycles. The number of aromatic amines is 1. The van der Waals surface area contributed by atoms with Crippen molar-refractivity contribution in [2.75, 3.05) is 39.3 Å². The highest BCUT2D eigenvalue weighted by atomic mass is 19.4. The molecular formula is C21H22F3N5O4. The van der Waals surface area contributed by atoms with Crippen molar-refractivity contribution < 1.29 is 32.2 Å². The Hall–Kier alpha value is -3.41. The Morgan fingerprint density at radius 3 is 2.82 bits per heavy atom. The fourth-order valence-corrected chi connectivity index (χ4v) is 3.71. The average Bonchev–Trinajstić information content (AvgIpc) is 3.30. The molecule has 176 valence electrons. The fraction of sp³-hybridized carbons (Fsp3) is 0.429. The van der Waals surface area contributed by atoms with Gasteiger partial charge in [0.2, 0.25) is 17.6 Å². The minimum Gasteiger partial charge on any atom is -0.465 e. The Morgan fingerprint density at radius 2 is 2.12 bits per heavy atom. The Bertz CT molecular complexity index is 1100. The molecule has 0 amide bonds. The number of nitrogens with zero attached hydrogens (tertiary/aromatic N) is 4. The van der Waals surface area contributed by atoms with Crippen LogP contribution in [0.25, 0.3) is 17.1 Å². The van der Waals surface area contributed by atoms with E-state index in [4.69, 9.17) is 9.47 Å². The van der Waals surface area contributed by atoms with Crippen molar-refractivity contribution in [3.05, 3.63) is 35.8 Å². The second-order valence-corrected chi connectivity index (χ2v) is 7.59. The number of hydrogen-bond donors (Lipinski definition) is 1.